The lowest BCUT2D eigenvalue weighted by atomic mass is 10.1. The Morgan fingerprint density at radius 1 is 1.55 bits per heavy atom. The van der Waals surface area contributed by atoms with E-state index in [1.165, 1.54) is 11.3 Å². The first-order valence-corrected chi connectivity index (χ1v) is 8.37. The molecule has 5 nitrogen and oxygen atoms in total. The summed E-state index contributed by atoms with van der Waals surface area (Å²) >= 11 is 1.48. The molecule has 0 bridgehead atoms. The van der Waals surface area contributed by atoms with Gasteiger partial charge in [0.25, 0.3) is 5.91 Å². The molecule has 3 rings (SSSR count). The minimum absolute atomic E-state index is 0.0116. The Morgan fingerprint density at radius 2 is 2.32 bits per heavy atom. The summed E-state index contributed by atoms with van der Waals surface area (Å²) in [7, 11) is 1.91. The first-order chi connectivity index (χ1) is 10.5. The number of carbonyl (C=O) groups is 1. The fraction of sp³-hybridized carbons (Fsp3) is 0.500. The molecule has 0 spiro atoms. The Labute approximate surface area is 133 Å². The smallest absolute Gasteiger partial charge is 0.261 e. The van der Waals surface area contributed by atoms with Crippen LogP contribution in [0, 0.1) is 5.92 Å². The highest BCUT2D eigenvalue weighted by Crippen LogP contribution is 2.31. The maximum atomic E-state index is 12.4. The molecular formula is C16H21N3O2S. The standard InChI is InChI=1S/C16H21N3O2S/c1-9(2)14-12-7-13(22-16(12)19(3)18-14)15(21)17-11-5-4-10(6-11)8-20/h4-5,7,9-11,20H,6,8H2,1-3H3,(H,17,21)/t10-,11+/m0/s1. The van der Waals surface area contributed by atoms with Crippen LogP contribution in [-0.4, -0.2) is 33.4 Å². The van der Waals surface area contributed by atoms with Crippen LogP contribution < -0.4 is 5.32 Å². The SMILES string of the molecule is CC(C)c1nn(C)c2sc(C(=O)N[C@@H]3C=C[C@H](CO)C3)cc12. The van der Waals surface area contributed by atoms with Gasteiger partial charge in [-0.05, 0) is 18.4 Å². The third-order valence-corrected chi connectivity index (χ3v) is 5.23. The normalized spacial score (nSPS) is 21.1. The molecule has 1 aliphatic carbocycles. The molecule has 0 fully saturated rings. The van der Waals surface area contributed by atoms with Gasteiger partial charge < -0.3 is 10.4 Å². The average Bonchev–Trinajstić information content (AvgIpc) is 3.15. The van der Waals surface area contributed by atoms with Crippen molar-refractivity contribution in [2.75, 3.05) is 6.61 Å². The maximum absolute atomic E-state index is 12.4. The minimum atomic E-state index is -0.0517. The Balaban J connectivity index is 1.80. The van der Waals surface area contributed by atoms with Gasteiger partial charge in [0.15, 0.2) is 0 Å². The van der Waals surface area contributed by atoms with E-state index in [2.05, 4.69) is 24.3 Å². The second kappa shape index (κ2) is 5.85. The maximum Gasteiger partial charge on any atom is 0.261 e. The van der Waals surface area contributed by atoms with Crippen molar-refractivity contribution in [1.82, 2.24) is 15.1 Å². The summed E-state index contributed by atoms with van der Waals surface area (Å²) in [6.45, 7) is 4.35. The number of aryl methyl sites for hydroxylation is 1. The Hall–Kier alpha value is -1.66. The monoisotopic (exact) mass is 319 g/mol. The quantitative estimate of drug-likeness (QED) is 0.851. The largest absolute Gasteiger partial charge is 0.396 e. The zero-order valence-electron chi connectivity index (χ0n) is 13.0. The lowest BCUT2D eigenvalue weighted by Crippen LogP contribution is -2.32. The second-order valence-electron chi connectivity index (χ2n) is 6.14. The molecule has 0 radical (unpaired) electrons. The van der Waals surface area contributed by atoms with Crippen molar-refractivity contribution >= 4 is 27.5 Å². The number of nitrogens with zero attached hydrogens (tertiary/aromatic N) is 2. The Morgan fingerprint density at radius 3 is 2.95 bits per heavy atom. The molecule has 22 heavy (non-hydrogen) atoms. The van der Waals surface area contributed by atoms with Crippen LogP contribution in [0.2, 0.25) is 0 Å². The van der Waals surface area contributed by atoms with Crippen LogP contribution in [0.1, 0.15) is 41.6 Å². The summed E-state index contributed by atoms with van der Waals surface area (Å²) in [5.41, 5.74) is 1.04. The van der Waals surface area contributed by atoms with Gasteiger partial charge in [-0.15, -0.1) is 11.3 Å². The summed E-state index contributed by atoms with van der Waals surface area (Å²) in [5, 5.41) is 17.8. The van der Waals surface area contributed by atoms with Crippen LogP contribution in [0.25, 0.3) is 10.2 Å². The average molecular weight is 319 g/mol. The molecule has 2 heterocycles. The highest BCUT2D eigenvalue weighted by atomic mass is 32.1. The van der Waals surface area contributed by atoms with Crippen LogP contribution >= 0.6 is 11.3 Å². The predicted molar refractivity (Wildman–Crippen MR) is 88.3 cm³/mol. The molecular weight excluding hydrogens is 298 g/mol. The number of nitrogens with one attached hydrogen (secondary N) is 1. The molecule has 1 amide bonds. The molecule has 0 aliphatic heterocycles. The van der Waals surface area contributed by atoms with Gasteiger partial charge in [0, 0.05) is 31.0 Å². The van der Waals surface area contributed by atoms with Crippen molar-refractivity contribution < 1.29 is 9.90 Å². The molecule has 118 valence electrons. The molecule has 0 saturated carbocycles. The molecule has 0 aromatic carbocycles. The van der Waals surface area contributed by atoms with Gasteiger partial charge in [0.2, 0.25) is 0 Å². The molecule has 0 unspecified atom stereocenters. The molecule has 2 aromatic heterocycles. The summed E-state index contributed by atoms with van der Waals surface area (Å²) in [4.78, 5) is 14.2. The first-order valence-electron chi connectivity index (χ1n) is 7.56. The molecule has 2 atom stereocenters. The lowest BCUT2D eigenvalue weighted by molar-refractivity contribution is 0.0945. The number of carbonyl (C=O) groups excluding carboxylic acids is 1. The van der Waals surface area contributed by atoms with Gasteiger partial charge in [-0.2, -0.15) is 5.10 Å². The minimum Gasteiger partial charge on any atom is -0.396 e. The van der Waals surface area contributed by atoms with Crippen molar-refractivity contribution in [3.8, 4) is 0 Å². The van der Waals surface area contributed by atoms with E-state index in [0.717, 1.165) is 22.3 Å². The zero-order valence-corrected chi connectivity index (χ0v) is 13.9. The summed E-state index contributed by atoms with van der Waals surface area (Å²) < 4.78 is 1.85. The lowest BCUT2D eigenvalue weighted by Gasteiger charge is -2.11. The van der Waals surface area contributed by atoms with E-state index in [9.17, 15) is 4.79 Å². The number of aliphatic hydroxyl groups is 1. The van der Waals surface area contributed by atoms with Crippen LogP contribution in [0.4, 0.5) is 0 Å². The Kier molecular flexibility index (Phi) is 4.06. The highest BCUT2D eigenvalue weighted by molar-refractivity contribution is 7.20. The van der Waals surface area contributed by atoms with E-state index in [4.69, 9.17) is 5.11 Å². The zero-order chi connectivity index (χ0) is 15.9. The molecule has 1 aliphatic rings. The van der Waals surface area contributed by atoms with Crippen LogP contribution in [-0.2, 0) is 7.05 Å². The number of hydrogen-bond acceptors (Lipinski definition) is 4. The van der Waals surface area contributed by atoms with Crippen molar-refractivity contribution in [3.05, 3.63) is 28.8 Å². The van der Waals surface area contributed by atoms with Gasteiger partial charge in [-0.1, -0.05) is 26.0 Å². The first kappa shape index (κ1) is 15.2. The highest BCUT2D eigenvalue weighted by Gasteiger charge is 2.23. The van der Waals surface area contributed by atoms with Gasteiger partial charge in [-0.3, -0.25) is 9.48 Å². The van der Waals surface area contributed by atoms with Gasteiger partial charge in [-0.25, -0.2) is 0 Å². The number of fused-ring (bicyclic) bond motifs is 1. The molecule has 2 N–H and O–H groups in total. The van der Waals surface area contributed by atoms with E-state index in [1.54, 1.807) is 0 Å². The van der Waals surface area contributed by atoms with Gasteiger partial charge >= 0.3 is 0 Å². The van der Waals surface area contributed by atoms with Crippen LogP contribution in [0.5, 0.6) is 0 Å². The Bertz CT molecular complexity index is 729. The number of rotatable bonds is 4. The number of hydrogen-bond donors (Lipinski definition) is 2. The number of aromatic nitrogens is 2. The molecule has 0 saturated heterocycles. The van der Waals surface area contributed by atoms with Gasteiger partial charge in [0.1, 0.15) is 4.83 Å². The van der Waals surface area contributed by atoms with Crippen LogP contribution in [0.15, 0.2) is 18.2 Å². The van der Waals surface area contributed by atoms with E-state index < -0.39 is 0 Å². The van der Waals surface area contributed by atoms with Crippen molar-refractivity contribution in [1.29, 1.82) is 0 Å². The third kappa shape index (κ3) is 2.68. The van der Waals surface area contributed by atoms with E-state index in [-0.39, 0.29) is 24.5 Å². The van der Waals surface area contributed by atoms with Crippen molar-refractivity contribution in [3.63, 3.8) is 0 Å². The van der Waals surface area contributed by atoms with E-state index >= 15 is 0 Å². The van der Waals surface area contributed by atoms with Gasteiger partial charge in [0.05, 0.1) is 10.6 Å². The summed E-state index contributed by atoms with van der Waals surface area (Å²) in [6, 6.07) is 1.96. The van der Waals surface area contributed by atoms with Crippen molar-refractivity contribution in [2.24, 2.45) is 13.0 Å². The van der Waals surface area contributed by atoms with Crippen molar-refractivity contribution in [2.45, 2.75) is 32.2 Å². The van der Waals surface area contributed by atoms with Crippen LogP contribution in [0.3, 0.4) is 0 Å². The predicted octanol–water partition coefficient (Wildman–Crippen LogP) is 2.43. The molecule has 6 heteroatoms. The second-order valence-corrected chi connectivity index (χ2v) is 7.17. The number of amides is 1. The number of thiophene rings is 1. The van der Waals surface area contributed by atoms with E-state index in [0.29, 0.717) is 10.8 Å². The fourth-order valence-electron chi connectivity index (χ4n) is 2.86. The topological polar surface area (TPSA) is 67.2 Å². The fourth-order valence-corrected chi connectivity index (χ4v) is 3.84. The number of aliphatic hydroxyl groups excluding tert-OH is 1. The summed E-state index contributed by atoms with van der Waals surface area (Å²) in [6.07, 6.45) is 4.70. The van der Waals surface area contributed by atoms with E-state index in [1.807, 2.05) is 29.9 Å². The summed E-state index contributed by atoms with van der Waals surface area (Å²) in [5.74, 6) is 0.436. The third-order valence-electron chi connectivity index (χ3n) is 4.03. The molecule has 2 aromatic rings.